The molecule has 0 N–H and O–H groups in total. The van der Waals surface area contributed by atoms with Crippen molar-refractivity contribution in [1.29, 1.82) is 0 Å². The molecular weight excluding hydrogens is 444 g/mol. The summed E-state index contributed by atoms with van der Waals surface area (Å²) in [7, 11) is 11.2. The number of benzene rings is 1. The number of hydrogen-bond acceptors (Lipinski definition) is 3. The van der Waals surface area contributed by atoms with Crippen molar-refractivity contribution in [1.82, 2.24) is 9.47 Å². The summed E-state index contributed by atoms with van der Waals surface area (Å²) >= 11 is 6.76. The van der Waals surface area contributed by atoms with Crippen LogP contribution in [0.2, 0.25) is 0 Å². The first kappa shape index (κ1) is 27.1. The van der Waals surface area contributed by atoms with E-state index < -0.39 is 17.0 Å². The Hall–Kier alpha value is -2.15. The number of aryl methyl sites for hydroxylation is 1. The number of ether oxygens (including phenoxy) is 1. The Bertz CT molecular complexity index is 1010. The van der Waals surface area contributed by atoms with E-state index in [0.29, 0.717) is 28.3 Å². The molecule has 0 aliphatic carbocycles. The van der Waals surface area contributed by atoms with Crippen LogP contribution in [0.5, 0.6) is 0 Å². The lowest BCUT2D eigenvalue weighted by Gasteiger charge is -2.35. The molecule has 0 aliphatic heterocycles. The smallest absolute Gasteiger partial charge is 0.135 e. The van der Waals surface area contributed by atoms with Gasteiger partial charge in [0.15, 0.2) is 0 Å². The molecule has 0 radical (unpaired) electrons. The van der Waals surface area contributed by atoms with Crippen molar-refractivity contribution >= 4 is 17.3 Å². The monoisotopic (exact) mass is 479 g/mol. The normalized spacial score (nSPS) is 14.5. The first-order valence-electron chi connectivity index (χ1n) is 10.9. The molecule has 0 saturated heterocycles. The van der Waals surface area contributed by atoms with Crippen LogP contribution in [0.25, 0.3) is 11.3 Å². The first-order valence-corrected chi connectivity index (χ1v) is 11.2. The van der Waals surface area contributed by atoms with E-state index in [4.69, 9.17) is 16.3 Å². The van der Waals surface area contributed by atoms with Crippen molar-refractivity contribution in [3.05, 3.63) is 65.4 Å². The fraction of sp³-hybridized carbons (Fsp3) is 0.462. The van der Waals surface area contributed by atoms with Gasteiger partial charge < -0.3 is 14.2 Å². The zero-order valence-electron chi connectivity index (χ0n) is 20.9. The van der Waals surface area contributed by atoms with Crippen LogP contribution in [0.15, 0.2) is 48.2 Å². The molecule has 182 valence electrons. The Morgan fingerprint density at radius 3 is 2.33 bits per heavy atom. The van der Waals surface area contributed by atoms with Crippen LogP contribution in [-0.4, -0.2) is 51.0 Å². The summed E-state index contributed by atoms with van der Waals surface area (Å²) in [5.74, 6) is -1.61. The Balaban J connectivity index is 2.63. The maximum atomic E-state index is 15.3. The number of rotatable bonds is 10. The lowest BCUT2D eigenvalue weighted by molar-refractivity contribution is -0.000791. The second-order valence-corrected chi connectivity index (χ2v) is 9.75. The van der Waals surface area contributed by atoms with Gasteiger partial charge in [-0.1, -0.05) is 37.6 Å². The third-order valence-corrected chi connectivity index (χ3v) is 6.57. The second kappa shape index (κ2) is 10.9. The summed E-state index contributed by atoms with van der Waals surface area (Å²) in [6.45, 7) is 7.85. The van der Waals surface area contributed by atoms with Gasteiger partial charge in [-0.3, -0.25) is 4.90 Å². The fourth-order valence-corrected chi connectivity index (χ4v) is 4.61. The topological polar surface area (TPSA) is 20.6 Å². The van der Waals surface area contributed by atoms with Crippen LogP contribution in [0.4, 0.5) is 14.5 Å². The molecule has 2 aromatic rings. The van der Waals surface area contributed by atoms with Crippen LogP contribution in [-0.2, 0) is 17.2 Å². The van der Waals surface area contributed by atoms with Gasteiger partial charge in [-0.05, 0) is 31.8 Å². The highest BCUT2D eigenvalue weighted by molar-refractivity contribution is 6.30. The highest BCUT2D eigenvalue weighted by Gasteiger charge is 2.36. The molecule has 2 atom stereocenters. The Labute approximate surface area is 202 Å². The number of methoxy groups -OCH3 is 1. The zero-order valence-corrected chi connectivity index (χ0v) is 21.7. The van der Waals surface area contributed by atoms with Crippen molar-refractivity contribution in [3.8, 4) is 11.3 Å². The number of halogens is 3. The van der Waals surface area contributed by atoms with Gasteiger partial charge in [-0.2, -0.15) is 0 Å². The molecule has 33 heavy (non-hydrogen) atoms. The lowest BCUT2D eigenvalue weighted by atomic mass is 9.71. The molecule has 4 nitrogen and oxygen atoms in total. The molecular formula is C26H36ClF2N3O. The quantitative estimate of drug-likeness (QED) is 0.300. The Morgan fingerprint density at radius 1 is 1.21 bits per heavy atom. The first-order chi connectivity index (χ1) is 15.3. The minimum atomic E-state index is -0.753. The van der Waals surface area contributed by atoms with E-state index in [0.717, 1.165) is 11.8 Å². The summed E-state index contributed by atoms with van der Waals surface area (Å²) in [5.41, 5.74) is 1.72. The summed E-state index contributed by atoms with van der Waals surface area (Å²) in [6.07, 6.45) is 5.98. The van der Waals surface area contributed by atoms with Gasteiger partial charge in [0, 0.05) is 68.9 Å². The predicted octanol–water partition coefficient (Wildman–Crippen LogP) is 6.16. The van der Waals surface area contributed by atoms with E-state index >= 15 is 4.39 Å². The molecule has 1 aromatic heterocycles. The van der Waals surface area contributed by atoms with Crippen LogP contribution in [0, 0.1) is 17.6 Å². The van der Waals surface area contributed by atoms with Crippen LogP contribution >= 0.6 is 11.6 Å². The fourth-order valence-electron chi connectivity index (χ4n) is 4.16. The maximum Gasteiger partial charge on any atom is 0.135 e. The maximum absolute atomic E-state index is 15.3. The number of anilines is 1. The van der Waals surface area contributed by atoms with Crippen LogP contribution in [0.1, 0.15) is 25.8 Å². The summed E-state index contributed by atoms with van der Waals surface area (Å²) < 4.78 is 37.1. The molecule has 7 heteroatoms. The van der Waals surface area contributed by atoms with Gasteiger partial charge >= 0.3 is 0 Å². The standard InChI is InChI=1S/C26H36ClF2N3O/c1-10-19(21(27)11-12-24(33-9)31(6)7)26(2,3)20-13-17(28)14-22(29)25(20)23-15-18(30(4)5)16-32(23)8/h10-11,13-16,19,24H,1,12H2,2-9H3/b21-11-/t19?,24-/m0/s1. The molecule has 1 heterocycles. The third-order valence-electron chi connectivity index (χ3n) is 6.19. The molecule has 0 amide bonds. The Morgan fingerprint density at radius 2 is 1.85 bits per heavy atom. The van der Waals surface area contributed by atoms with Gasteiger partial charge in [0.1, 0.15) is 17.9 Å². The zero-order chi connectivity index (χ0) is 25.1. The molecule has 0 saturated carbocycles. The van der Waals surface area contributed by atoms with E-state index in [9.17, 15) is 4.39 Å². The van der Waals surface area contributed by atoms with E-state index in [-0.39, 0.29) is 12.1 Å². The predicted molar refractivity (Wildman–Crippen MR) is 135 cm³/mol. The highest BCUT2D eigenvalue weighted by Crippen LogP contribution is 2.44. The lowest BCUT2D eigenvalue weighted by Crippen LogP contribution is -2.31. The minimum absolute atomic E-state index is 0.137. The largest absolute Gasteiger partial charge is 0.376 e. The van der Waals surface area contributed by atoms with Gasteiger partial charge in [0.05, 0.1) is 11.4 Å². The molecule has 1 aromatic carbocycles. The summed E-state index contributed by atoms with van der Waals surface area (Å²) in [5, 5.41) is 0.551. The van der Waals surface area contributed by atoms with E-state index in [2.05, 4.69) is 6.58 Å². The number of hydrogen-bond donors (Lipinski definition) is 0. The van der Waals surface area contributed by atoms with Gasteiger partial charge in [0.2, 0.25) is 0 Å². The van der Waals surface area contributed by atoms with Gasteiger partial charge in [-0.25, -0.2) is 8.78 Å². The average Bonchev–Trinajstić information content (AvgIpc) is 3.09. The number of allylic oxidation sites excluding steroid dienone is 2. The van der Waals surface area contributed by atoms with Gasteiger partial charge in [0.25, 0.3) is 0 Å². The SMILES string of the molecule is C=CC(/C(Cl)=C/C[C@H](OC)N(C)C)C(C)(C)c1cc(F)cc(F)c1-c1cc(N(C)C)cn1C. The van der Waals surface area contributed by atoms with Crippen molar-refractivity contribution in [2.24, 2.45) is 13.0 Å². The van der Waals surface area contributed by atoms with E-state index in [1.165, 1.54) is 6.07 Å². The van der Waals surface area contributed by atoms with Crippen molar-refractivity contribution < 1.29 is 13.5 Å². The van der Waals surface area contributed by atoms with Crippen molar-refractivity contribution in [3.63, 3.8) is 0 Å². The number of nitrogens with zero attached hydrogens (tertiary/aromatic N) is 3. The molecule has 2 rings (SSSR count). The van der Waals surface area contributed by atoms with Gasteiger partial charge in [-0.15, -0.1) is 6.58 Å². The van der Waals surface area contributed by atoms with E-state index in [1.807, 2.05) is 81.8 Å². The Kier molecular flexibility index (Phi) is 8.91. The summed E-state index contributed by atoms with van der Waals surface area (Å²) in [4.78, 5) is 3.89. The third kappa shape index (κ3) is 5.86. The molecule has 0 aliphatic rings. The minimum Gasteiger partial charge on any atom is -0.376 e. The van der Waals surface area contributed by atoms with Crippen molar-refractivity contribution in [2.75, 3.05) is 40.2 Å². The van der Waals surface area contributed by atoms with Crippen LogP contribution in [0.3, 0.4) is 0 Å². The molecule has 0 fully saturated rings. The molecule has 1 unspecified atom stereocenters. The number of aromatic nitrogens is 1. The summed E-state index contributed by atoms with van der Waals surface area (Å²) in [6, 6.07) is 4.23. The molecule has 0 bridgehead atoms. The average molecular weight is 480 g/mol. The second-order valence-electron chi connectivity index (χ2n) is 9.31. The van der Waals surface area contributed by atoms with Crippen LogP contribution < -0.4 is 4.90 Å². The highest BCUT2D eigenvalue weighted by atomic mass is 35.5. The van der Waals surface area contributed by atoms with Crippen molar-refractivity contribution in [2.45, 2.75) is 31.9 Å². The molecule has 0 spiro atoms. The van der Waals surface area contributed by atoms with E-state index in [1.54, 1.807) is 13.2 Å².